The molecule has 2 heterocycles. The lowest BCUT2D eigenvalue weighted by molar-refractivity contribution is 0.279. The predicted octanol–water partition coefficient (Wildman–Crippen LogP) is 2.72. The highest BCUT2D eigenvalue weighted by molar-refractivity contribution is 5.34. The van der Waals surface area contributed by atoms with E-state index in [1.54, 1.807) is 0 Å². The Kier molecular flexibility index (Phi) is 3.97. The summed E-state index contributed by atoms with van der Waals surface area (Å²) in [6.45, 7) is 3.25. The van der Waals surface area contributed by atoms with Crippen molar-refractivity contribution in [2.75, 3.05) is 25.5 Å². The van der Waals surface area contributed by atoms with E-state index in [2.05, 4.69) is 45.5 Å². The van der Waals surface area contributed by atoms with Gasteiger partial charge in [-0.05, 0) is 35.6 Å². The second-order valence-electron chi connectivity index (χ2n) is 5.35. The van der Waals surface area contributed by atoms with Gasteiger partial charge in [0.15, 0.2) is 0 Å². The fourth-order valence-electron chi connectivity index (χ4n) is 2.80. The predicted molar refractivity (Wildman–Crippen MR) is 82.9 cm³/mol. The summed E-state index contributed by atoms with van der Waals surface area (Å²) < 4.78 is 0. The maximum Gasteiger partial charge on any atom is 0.125 e. The molecule has 0 aliphatic carbocycles. The number of aromatic nitrogens is 1. The Hall–Kier alpha value is -1.87. The van der Waals surface area contributed by atoms with Crippen molar-refractivity contribution in [3.8, 4) is 0 Å². The van der Waals surface area contributed by atoms with Crippen molar-refractivity contribution in [2.24, 2.45) is 0 Å². The van der Waals surface area contributed by atoms with Crippen LogP contribution in [0.25, 0.3) is 0 Å². The highest BCUT2D eigenvalue weighted by atomic mass is 15.1. The zero-order valence-corrected chi connectivity index (χ0v) is 12.0. The third kappa shape index (κ3) is 2.99. The first-order chi connectivity index (χ1) is 9.85. The van der Waals surface area contributed by atoms with Gasteiger partial charge < -0.3 is 5.32 Å². The van der Waals surface area contributed by atoms with Crippen molar-refractivity contribution in [2.45, 2.75) is 19.4 Å². The molecule has 3 heteroatoms. The molecule has 0 amide bonds. The maximum absolute atomic E-state index is 4.39. The Balaban J connectivity index is 1.65. The lowest BCUT2D eigenvalue weighted by atomic mass is 10.0. The topological polar surface area (TPSA) is 28.2 Å². The molecule has 0 saturated heterocycles. The van der Waals surface area contributed by atoms with E-state index in [1.165, 1.54) is 16.7 Å². The molecule has 0 saturated carbocycles. The van der Waals surface area contributed by atoms with Crippen LogP contribution < -0.4 is 5.32 Å². The summed E-state index contributed by atoms with van der Waals surface area (Å²) >= 11 is 0. The molecular weight excluding hydrogens is 246 g/mol. The van der Waals surface area contributed by atoms with Crippen molar-refractivity contribution in [1.82, 2.24) is 9.88 Å². The molecule has 3 nitrogen and oxygen atoms in total. The van der Waals surface area contributed by atoms with E-state index < -0.39 is 0 Å². The van der Waals surface area contributed by atoms with E-state index >= 15 is 0 Å². The number of nitrogens with one attached hydrogen (secondary N) is 1. The first-order valence-electron chi connectivity index (χ1n) is 7.27. The summed E-state index contributed by atoms with van der Waals surface area (Å²) in [4.78, 5) is 6.91. The van der Waals surface area contributed by atoms with Crippen molar-refractivity contribution in [1.29, 1.82) is 0 Å². The molecule has 0 radical (unpaired) electrons. The molecule has 0 atom stereocenters. The minimum absolute atomic E-state index is 0.928. The fraction of sp³-hybridized carbons (Fsp3) is 0.353. The van der Waals surface area contributed by atoms with Crippen molar-refractivity contribution in [3.63, 3.8) is 0 Å². The molecule has 1 aromatic heterocycles. The number of hydrogen-bond donors (Lipinski definition) is 1. The minimum atomic E-state index is 0.928. The number of pyridine rings is 1. The van der Waals surface area contributed by atoms with Crippen LogP contribution in [0, 0.1) is 0 Å². The lowest BCUT2D eigenvalue weighted by Gasteiger charge is -2.19. The molecule has 1 aliphatic rings. The Labute approximate surface area is 120 Å². The van der Waals surface area contributed by atoms with Gasteiger partial charge in [-0.25, -0.2) is 4.98 Å². The second kappa shape index (κ2) is 6.06. The number of fused-ring (bicyclic) bond motifs is 1. The van der Waals surface area contributed by atoms with Gasteiger partial charge in [0, 0.05) is 32.9 Å². The largest absolute Gasteiger partial charge is 0.373 e. The van der Waals surface area contributed by atoms with E-state index in [-0.39, 0.29) is 0 Å². The van der Waals surface area contributed by atoms with Crippen LogP contribution in [0.5, 0.6) is 0 Å². The molecule has 20 heavy (non-hydrogen) atoms. The first kappa shape index (κ1) is 13.1. The summed E-state index contributed by atoms with van der Waals surface area (Å²) in [5.41, 5.74) is 4.31. The van der Waals surface area contributed by atoms with Crippen LogP contribution in [0.3, 0.4) is 0 Å². The zero-order valence-electron chi connectivity index (χ0n) is 12.0. The Morgan fingerprint density at radius 2 is 1.75 bits per heavy atom. The number of rotatable bonds is 3. The van der Waals surface area contributed by atoms with Gasteiger partial charge in [-0.3, -0.25) is 4.90 Å². The summed E-state index contributed by atoms with van der Waals surface area (Å²) in [6.07, 6.45) is 4.28. The van der Waals surface area contributed by atoms with Crippen molar-refractivity contribution >= 4 is 5.82 Å². The van der Waals surface area contributed by atoms with Gasteiger partial charge in [-0.1, -0.05) is 30.3 Å². The third-order valence-electron chi connectivity index (χ3n) is 4.00. The van der Waals surface area contributed by atoms with Gasteiger partial charge in [0.25, 0.3) is 0 Å². The summed E-state index contributed by atoms with van der Waals surface area (Å²) in [6, 6.07) is 13.0. The quantitative estimate of drug-likeness (QED) is 0.927. The number of anilines is 1. The van der Waals surface area contributed by atoms with Crippen LogP contribution in [0.4, 0.5) is 5.82 Å². The molecule has 3 rings (SSSR count). The van der Waals surface area contributed by atoms with Crippen LogP contribution >= 0.6 is 0 Å². The Bertz CT molecular complexity index is 536. The molecule has 0 bridgehead atoms. The SMILES string of the molecule is CNc1ccc(CN2CCc3ccccc3CC2)cn1. The van der Waals surface area contributed by atoms with E-state index in [4.69, 9.17) is 0 Å². The van der Waals surface area contributed by atoms with Crippen molar-refractivity contribution < 1.29 is 0 Å². The average molecular weight is 267 g/mol. The van der Waals surface area contributed by atoms with Gasteiger partial charge in [0.2, 0.25) is 0 Å². The van der Waals surface area contributed by atoms with E-state index in [9.17, 15) is 0 Å². The summed E-state index contributed by atoms with van der Waals surface area (Å²) in [7, 11) is 1.90. The molecule has 1 aliphatic heterocycles. The summed E-state index contributed by atoms with van der Waals surface area (Å²) in [5.74, 6) is 0.928. The number of hydrogen-bond acceptors (Lipinski definition) is 3. The fourth-order valence-corrected chi connectivity index (χ4v) is 2.80. The van der Waals surface area contributed by atoms with Crippen LogP contribution in [-0.4, -0.2) is 30.0 Å². The smallest absolute Gasteiger partial charge is 0.125 e. The van der Waals surface area contributed by atoms with E-state index in [0.717, 1.165) is 38.3 Å². The maximum atomic E-state index is 4.39. The van der Waals surface area contributed by atoms with Crippen LogP contribution in [0.15, 0.2) is 42.6 Å². The monoisotopic (exact) mass is 267 g/mol. The Morgan fingerprint density at radius 1 is 1.05 bits per heavy atom. The average Bonchev–Trinajstić information content (AvgIpc) is 2.71. The lowest BCUT2D eigenvalue weighted by Crippen LogP contribution is -2.26. The van der Waals surface area contributed by atoms with Gasteiger partial charge in [0.05, 0.1) is 0 Å². The van der Waals surface area contributed by atoms with E-state index in [0.29, 0.717) is 0 Å². The Morgan fingerprint density at radius 3 is 2.30 bits per heavy atom. The van der Waals surface area contributed by atoms with Gasteiger partial charge in [-0.15, -0.1) is 0 Å². The van der Waals surface area contributed by atoms with Crippen LogP contribution in [0.1, 0.15) is 16.7 Å². The third-order valence-corrected chi connectivity index (χ3v) is 4.00. The zero-order chi connectivity index (χ0) is 13.8. The number of nitrogens with zero attached hydrogens (tertiary/aromatic N) is 2. The van der Waals surface area contributed by atoms with E-state index in [1.807, 2.05) is 19.3 Å². The first-order valence-corrected chi connectivity index (χ1v) is 7.27. The van der Waals surface area contributed by atoms with Gasteiger partial charge in [-0.2, -0.15) is 0 Å². The molecule has 0 unspecified atom stereocenters. The van der Waals surface area contributed by atoms with Crippen molar-refractivity contribution in [3.05, 3.63) is 59.3 Å². The van der Waals surface area contributed by atoms with Crippen LogP contribution in [-0.2, 0) is 19.4 Å². The standard InChI is InChI=1S/C17H21N3/c1-18-17-7-6-14(12-19-17)13-20-10-8-15-4-2-3-5-16(15)9-11-20/h2-7,12H,8-11,13H2,1H3,(H,18,19). The second-order valence-corrected chi connectivity index (χ2v) is 5.35. The molecular formula is C17H21N3. The minimum Gasteiger partial charge on any atom is -0.373 e. The molecule has 1 N–H and O–H groups in total. The highest BCUT2D eigenvalue weighted by Gasteiger charge is 2.13. The van der Waals surface area contributed by atoms with Gasteiger partial charge >= 0.3 is 0 Å². The number of benzene rings is 1. The highest BCUT2D eigenvalue weighted by Crippen LogP contribution is 2.17. The normalized spacial score (nSPS) is 15.4. The van der Waals surface area contributed by atoms with Crippen LogP contribution in [0.2, 0.25) is 0 Å². The molecule has 0 spiro atoms. The molecule has 1 aromatic carbocycles. The molecule has 0 fully saturated rings. The van der Waals surface area contributed by atoms with Gasteiger partial charge in [0.1, 0.15) is 5.82 Å². The molecule has 104 valence electrons. The molecule has 2 aromatic rings. The summed E-state index contributed by atoms with van der Waals surface area (Å²) in [5, 5.41) is 3.05.